The first-order valence-corrected chi connectivity index (χ1v) is 6.22. The second kappa shape index (κ2) is 6.38. The summed E-state index contributed by atoms with van der Waals surface area (Å²) in [6.45, 7) is 5.43. The third kappa shape index (κ3) is 4.21. The largest absolute Gasteiger partial charge is 0.522 e. The van der Waals surface area contributed by atoms with Gasteiger partial charge in [0.15, 0.2) is 0 Å². The van der Waals surface area contributed by atoms with E-state index in [1.54, 1.807) is 4.68 Å². The highest BCUT2D eigenvalue weighted by Crippen LogP contribution is 2.24. The van der Waals surface area contributed by atoms with Crippen LogP contribution in [0.5, 0.6) is 0 Å². The zero-order valence-electron chi connectivity index (χ0n) is 11.6. The van der Waals surface area contributed by atoms with Crippen molar-refractivity contribution in [2.24, 2.45) is 0 Å². The maximum absolute atomic E-state index is 11.9. The van der Waals surface area contributed by atoms with Gasteiger partial charge in [-0.1, -0.05) is 6.92 Å². The van der Waals surface area contributed by atoms with E-state index in [1.165, 1.54) is 0 Å². The minimum absolute atomic E-state index is 0.0896. The van der Waals surface area contributed by atoms with Crippen LogP contribution in [0.2, 0.25) is 0 Å². The molecule has 0 fully saturated rings. The van der Waals surface area contributed by atoms with Crippen molar-refractivity contribution in [1.82, 2.24) is 15.1 Å². The number of rotatable bonds is 6. The Morgan fingerprint density at radius 3 is 2.47 bits per heavy atom. The average Bonchev–Trinajstić information content (AvgIpc) is 2.57. The summed E-state index contributed by atoms with van der Waals surface area (Å²) in [5.41, 5.74) is 2.77. The van der Waals surface area contributed by atoms with E-state index in [9.17, 15) is 13.2 Å². The van der Waals surface area contributed by atoms with Gasteiger partial charge in [-0.25, -0.2) is 0 Å². The van der Waals surface area contributed by atoms with Gasteiger partial charge in [0, 0.05) is 17.3 Å². The molecule has 0 spiro atoms. The van der Waals surface area contributed by atoms with Crippen LogP contribution in [0.4, 0.5) is 13.2 Å². The summed E-state index contributed by atoms with van der Waals surface area (Å²) in [7, 11) is 1.86. The van der Waals surface area contributed by atoms with E-state index in [4.69, 9.17) is 0 Å². The second-order valence-corrected chi connectivity index (χ2v) is 4.35. The number of nitrogens with one attached hydrogen (secondary N) is 1. The summed E-state index contributed by atoms with van der Waals surface area (Å²) in [6, 6.07) is 0.164. The van der Waals surface area contributed by atoms with Crippen molar-refractivity contribution in [2.45, 2.75) is 46.1 Å². The molecule has 110 valence electrons. The fraction of sp³-hybridized carbons (Fsp3) is 0.750. The Morgan fingerprint density at radius 1 is 1.37 bits per heavy atom. The van der Waals surface area contributed by atoms with Crippen molar-refractivity contribution < 1.29 is 17.9 Å². The molecule has 0 radical (unpaired) electrons. The van der Waals surface area contributed by atoms with E-state index in [0.29, 0.717) is 0 Å². The monoisotopic (exact) mass is 279 g/mol. The van der Waals surface area contributed by atoms with E-state index in [2.05, 4.69) is 15.2 Å². The SMILES string of the molecule is CCC(NC)c1c(C)nn(CCOC(F)(F)F)c1C. The van der Waals surface area contributed by atoms with Gasteiger partial charge in [0.25, 0.3) is 0 Å². The number of aromatic nitrogens is 2. The quantitative estimate of drug-likeness (QED) is 0.870. The molecule has 1 aromatic heterocycles. The summed E-state index contributed by atoms with van der Waals surface area (Å²) in [5.74, 6) is 0. The molecule has 0 aliphatic rings. The molecule has 1 heterocycles. The van der Waals surface area contributed by atoms with Gasteiger partial charge >= 0.3 is 6.36 Å². The van der Waals surface area contributed by atoms with Crippen LogP contribution in [0.25, 0.3) is 0 Å². The molecule has 7 heteroatoms. The minimum Gasteiger partial charge on any atom is -0.313 e. The smallest absolute Gasteiger partial charge is 0.313 e. The molecule has 1 atom stereocenters. The van der Waals surface area contributed by atoms with Crippen molar-refractivity contribution >= 4 is 0 Å². The summed E-state index contributed by atoms with van der Waals surface area (Å²) < 4.78 is 41.1. The van der Waals surface area contributed by atoms with Gasteiger partial charge in [0.1, 0.15) is 0 Å². The molecule has 0 saturated carbocycles. The van der Waals surface area contributed by atoms with E-state index in [-0.39, 0.29) is 12.6 Å². The van der Waals surface area contributed by atoms with Gasteiger partial charge in [-0.15, -0.1) is 13.2 Å². The molecule has 1 N–H and O–H groups in total. The molecule has 0 amide bonds. The number of hydrogen-bond donors (Lipinski definition) is 1. The molecular weight excluding hydrogens is 259 g/mol. The summed E-state index contributed by atoms with van der Waals surface area (Å²) in [4.78, 5) is 0. The molecule has 0 aliphatic heterocycles. The van der Waals surface area contributed by atoms with Crippen LogP contribution in [0.15, 0.2) is 0 Å². The third-order valence-corrected chi connectivity index (χ3v) is 3.11. The lowest BCUT2D eigenvalue weighted by atomic mass is 10.0. The van der Waals surface area contributed by atoms with Crippen LogP contribution >= 0.6 is 0 Å². The van der Waals surface area contributed by atoms with Crippen LogP contribution in [-0.2, 0) is 11.3 Å². The van der Waals surface area contributed by atoms with Crippen molar-refractivity contribution in [3.05, 3.63) is 17.0 Å². The average molecular weight is 279 g/mol. The fourth-order valence-corrected chi connectivity index (χ4v) is 2.23. The predicted octanol–water partition coefficient (Wildman–Crippen LogP) is 2.71. The molecular formula is C12H20F3N3O. The van der Waals surface area contributed by atoms with Crippen molar-refractivity contribution in [3.63, 3.8) is 0 Å². The first kappa shape index (κ1) is 16.0. The van der Waals surface area contributed by atoms with E-state index in [1.807, 2.05) is 27.8 Å². The van der Waals surface area contributed by atoms with Crippen molar-refractivity contribution in [2.75, 3.05) is 13.7 Å². The van der Waals surface area contributed by atoms with E-state index < -0.39 is 13.0 Å². The standard InChI is InChI=1S/C12H20F3N3O/c1-5-10(16-4)11-8(2)17-18(9(11)3)6-7-19-12(13,14)15/h10,16H,5-7H2,1-4H3. The number of hydrogen-bond acceptors (Lipinski definition) is 3. The maximum atomic E-state index is 11.9. The zero-order valence-corrected chi connectivity index (χ0v) is 11.6. The molecule has 0 saturated heterocycles. The summed E-state index contributed by atoms with van der Waals surface area (Å²) >= 11 is 0. The predicted molar refractivity (Wildman–Crippen MR) is 65.8 cm³/mol. The van der Waals surface area contributed by atoms with Crippen LogP contribution in [0.3, 0.4) is 0 Å². The van der Waals surface area contributed by atoms with Gasteiger partial charge in [-0.2, -0.15) is 5.10 Å². The number of aryl methyl sites for hydroxylation is 1. The molecule has 1 aromatic rings. The van der Waals surface area contributed by atoms with E-state index in [0.717, 1.165) is 23.4 Å². The Bertz CT molecular complexity index is 411. The van der Waals surface area contributed by atoms with Gasteiger partial charge in [-0.3, -0.25) is 9.42 Å². The molecule has 0 aromatic carbocycles. The fourth-order valence-electron chi connectivity index (χ4n) is 2.23. The second-order valence-electron chi connectivity index (χ2n) is 4.35. The first-order valence-electron chi connectivity index (χ1n) is 6.22. The first-order chi connectivity index (χ1) is 8.80. The Morgan fingerprint density at radius 2 is 2.00 bits per heavy atom. The third-order valence-electron chi connectivity index (χ3n) is 3.11. The van der Waals surface area contributed by atoms with Gasteiger partial charge in [-0.05, 0) is 27.3 Å². The lowest BCUT2D eigenvalue weighted by Crippen LogP contribution is -2.19. The van der Waals surface area contributed by atoms with Crippen LogP contribution < -0.4 is 5.32 Å². The molecule has 4 nitrogen and oxygen atoms in total. The lowest BCUT2D eigenvalue weighted by molar-refractivity contribution is -0.325. The van der Waals surface area contributed by atoms with Gasteiger partial charge < -0.3 is 5.32 Å². The number of halogens is 3. The van der Waals surface area contributed by atoms with Crippen LogP contribution in [-0.4, -0.2) is 29.8 Å². The van der Waals surface area contributed by atoms with Crippen LogP contribution in [0.1, 0.15) is 36.3 Å². The Balaban J connectivity index is 2.79. The topological polar surface area (TPSA) is 39.1 Å². The number of ether oxygens (including phenoxy) is 1. The van der Waals surface area contributed by atoms with Gasteiger partial charge in [0.05, 0.1) is 18.8 Å². The zero-order chi connectivity index (χ0) is 14.6. The summed E-state index contributed by atoms with van der Waals surface area (Å²) in [6.07, 6.45) is -3.70. The Labute approximate surface area is 110 Å². The van der Waals surface area contributed by atoms with E-state index >= 15 is 0 Å². The molecule has 1 unspecified atom stereocenters. The highest BCUT2D eigenvalue weighted by Gasteiger charge is 2.29. The number of alkyl halides is 3. The molecule has 0 aliphatic carbocycles. The van der Waals surface area contributed by atoms with Crippen molar-refractivity contribution in [1.29, 1.82) is 0 Å². The summed E-state index contributed by atoms with van der Waals surface area (Å²) in [5, 5.41) is 7.45. The maximum Gasteiger partial charge on any atom is 0.522 e. The van der Waals surface area contributed by atoms with Crippen LogP contribution in [0, 0.1) is 13.8 Å². The Kier molecular flexibility index (Phi) is 5.37. The van der Waals surface area contributed by atoms with Crippen molar-refractivity contribution in [3.8, 4) is 0 Å². The highest BCUT2D eigenvalue weighted by molar-refractivity contribution is 5.28. The lowest BCUT2D eigenvalue weighted by Gasteiger charge is -2.15. The highest BCUT2D eigenvalue weighted by atomic mass is 19.4. The normalized spacial score (nSPS) is 13.8. The van der Waals surface area contributed by atoms with Gasteiger partial charge in [0.2, 0.25) is 0 Å². The molecule has 0 bridgehead atoms. The Hall–Kier alpha value is -1.08. The number of nitrogens with zero attached hydrogens (tertiary/aromatic N) is 2. The molecule has 1 rings (SSSR count). The minimum atomic E-state index is -4.59. The molecule has 19 heavy (non-hydrogen) atoms.